The Balaban J connectivity index is 0. The van der Waals surface area contributed by atoms with E-state index < -0.39 is 5.97 Å². The van der Waals surface area contributed by atoms with Crippen LogP contribution < -0.4 is 5.32 Å². The molecular weight excluding hydrogens is 418 g/mol. The molecule has 1 rings (SSSR count). The van der Waals surface area contributed by atoms with E-state index in [4.69, 9.17) is 19.3 Å². The molecule has 0 aromatic heterocycles. The summed E-state index contributed by atoms with van der Waals surface area (Å²) in [4.78, 5) is 36.3. The van der Waals surface area contributed by atoms with Crippen molar-refractivity contribution in [2.24, 2.45) is 10.9 Å². The van der Waals surface area contributed by atoms with Gasteiger partial charge in [-0.1, -0.05) is 18.7 Å². The zero-order chi connectivity index (χ0) is 24.5. The average molecular weight is 458 g/mol. The van der Waals surface area contributed by atoms with Crippen molar-refractivity contribution in [2.75, 3.05) is 73.9 Å². The number of rotatable bonds is 15. The number of carboxylic acids is 1. The number of likely N-dealkylation sites (N-methyl/N-ethyl adjacent to an activating group) is 1. The number of ether oxygens (including phenoxy) is 3. The van der Waals surface area contributed by atoms with Crippen molar-refractivity contribution in [2.45, 2.75) is 12.8 Å². The number of aliphatic carboxylic acids is 1. The summed E-state index contributed by atoms with van der Waals surface area (Å²) in [5.74, 6) is -0.826. The molecule has 1 saturated heterocycles. The summed E-state index contributed by atoms with van der Waals surface area (Å²) in [5, 5.41) is 11.3. The quantitative estimate of drug-likeness (QED) is 0.160. The van der Waals surface area contributed by atoms with E-state index in [1.54, 1.807) is 31.3 Å². The summed E-state index contributed by atoms with van der Waals surface area (Å²) >= 11 is 0. The minimum absolute atomic E-state index is 0.0349. The van der Waals surface area contributed by atoms with Crippen LogP contribution in [-0.4, -0.2) is 108 Å². The van der Waals surface area contributed by atoms with E-state index >= 15 is 0 Å². The van der Waals surface area contributed by atoms with E-state index in [1.807, 2.05) is 19.2 Å². The Bertz CT molecular complexity index is 554. The van der Waals surface area contributed by atoms with Crippen molar-refractivity contribution < 1.29 is 33.7 Å². The minimum Gasteiger partial charge on any atom is -0.481 e. The van der Waals surface area contributed by atoms with E-state index in [9.17, 15) is 14.4 Å². The van der Waals surface area contributed by atoms with Crippen LogP contribution >= 0.6 is 0 Å². The third kappa shape index (κ3) is 23.9. The van der Waals surface area contributed by atoms with Crippen LogP contribution in [0, 0.1) is 5.92 Å². The first kappa shape index (κ1) is 31.8. The molecular formula is C22H39N3O7. The molecule has 32 heavy (non-hydrogen) atoms. The molecule has 0 spiro atoms. The summed E-state index contributed by atoms with van der Waals surface area (Å²) < 4.78 is 15.5. The van der Waals surface area contributed by atoms with Crippen LogP contribution in [0.3, 0.4) is 0 Å². The first-order valence-corrected chi connectivity index (χ1v) is 10.4. The summed E-state index contributed by atoms with van der Waals surface area (Å²) in [6, 6.07) is 0. The van der Waals surface area contributed by atoms with Gasteiger partial charge in [-0.05, 0) is 13.1 Å². The van der Waals surface area contributed by atoms with E-state index in [0.717, 1.165) is 12.8 Å². The number of likely N-dealkylation sites (tertiary alicyclic amines) is 1. The lowest BCUT2D eigenvalue weighted by Gasteiger charge is -2.05. The predicted molar refractivity (Wildman–Crippen MR) is 124 cm³/mol. The van der Waals surface area contributed by atoms with Gasteiger partial charge < -0.3 is 34.3 Å². The van der Waals surface area contributed by atoms with Gasteiger partial charge in [-0.2, -0.15) is 0 Å². The van der Waals surface area contributed by atoms with Gasteiger partial charge in [0.25, 0.3) is 0 Å². The number of aldehydes is 1. The molecule has 1 aliphatic heterocycles. The van der Waals surface area contributed by atoms with Gasteiger partial charge >= 0.3 is 5.97 Å². The van der Waals surface area contributed by atoms with E-state index in [0.29, 0.717) is 46.0 Å². The monoisotopic (exact) mass is 457 g/mol. The normalized spacial score (nSPS) is 15.3. The second-order valence-corrected chi connectivity index (χ2v) is 6.49. The van der Waals surface area contributed by atoms with Crippen LogP contribution in [-0.2, 0) is 28.6 Å². The third-order valence-corrected chi connectivity index (χ3v) is 3.75. The number of nitrogens with one attached hydrogen (secondary N) is 1. The van der Waals surface area contributed by atoms with Crippen LogP contribution in [0.15, 0.2) is 29.8 Å². The van der Waals surface area contributed by atoms with Crippen LogP contribution in [0.5, 0.6) is 0 Å². The molecule has 1 unspecified atom stereocenters. The number of nitrogens with zero attached hydrogens (tertiary/aromatic N) is 2. The Labute approximate surface area is 191 Å². The summed E-state index contributed by atoms with van der Waals surface area (Å²) in [5.41, 5.74) is 0. The van der Waals surface area contributed by atoms with Gasteiger partial charge in [-0.15, -0.1) is 0 Å². The maximum absolute atomic E-state index is 10.7. The van der Waals surface area contributed by atoms with E-state index in [1.165, 1.54) is 0 Å². The molecule has 0 saturated carbocycles. The first-order chi connectivity index (χ1) is 15.4. The van der Waals surface area contributed by atoms with Crippen molar-refractivity contribution in [3.63, 3.8) is 0 Å². The Morgan fingerprint density at radius 3 is 2.19 bits per heavy atom. The zero-order valence-corrected chi connectivity index (χ0v) is 19.5. The van der Waals surface area contributed by atoms with Crippen LogP contribution in [0.2, 0.25) is 0 Å². The molecule has 1 aliphatic rings. The van der Waals surface area contributed by atoms with Crippen molar-refractivity contribution in [3.8, 4) is 0 Å². The maximum Gasteiger partial charge on any atom is 0.305 e. The molecule has 0 aromatic rings. The molecule has 184 valence electrons. The number of allylic oxidation sites excluding steroid dienone is 3. The fourth-order valence-electron chi connectivity index (χ4n) is 2.08. The van der Waals surface area contributed by atoms with Crippen LogP contribution in [0.4, 0.5) is 0 Å². The molecule has 1 fully saturated rings. The Kier molecular flexibility index (Phi) is 24.7. The van der Waals surface area contributed by atoms with Gasteiger partial charge in [0.2, 0.25) is 5.91 Å². The topological polar surface area (TPSA) is 127 Å². The highest BCUT2D eigenvalue weighted by Crippen LogP contribution is 2.12. The van der Waals surface area contributed by atoms with Crippen LogP contribution in [0.1, 0.15) is 12.8 Å². The molecule has 0 bridgehead atoms. The van der Waals surface area contributed by atoms with Gasteiger partial charge in [0.1, 0.15) is 6.29 Å². The van der Waals surface area contributed by atoms with Gasteiger partial charge in [0, 0.05) is 45.7 Å². The zero-order valence-electron chi connectivity index (χ0n) is 19.5. The lowest BCUT2D eigenvalue weighted by Crippen LogP contribution is -2.19. The SMILES string of the molecule is C=C/C=C\C=NC.CN1CC(C=O)CC1=O.CNCCOCCOCCOCCC(=O)O. The lowest BCUT2D eigenvalue weighted by molar-refractivity contribution is -0.138. The maximum atomic E-state index is 10.7. The molecule has 1 atom stereocenters. The van der Waals surface area contributed by atoms with Gasteiger partial charge in [-0.3, -0.25) is 14.6 Å². The number of carboxylic acid groups (broad SMARTS) is 1. The highest BCUT2D eigenvalue weighted by Gasteiger charge is 2.25. The molecule has 10 heteroatoms. The Morgan fingerprint density at radius 1 is 1.19 bits per heavy atom. The number of hydrogen-bond donors (Lipinski definition) is 2. The van der Waals surface area contributed by atoms with Gasteiger partial charge in [0.05, 0.1) is 46.1 Å². The van der Waals surface area contributed by atoms with Crippen molar-refractivity contribution in [3.05, 3.63) is 24.8 Å². The fraction of sp³-hybridized carbons (Fsp3) is 0.636. The molecule has 1 heterocycles. The van der Waals surface area contributed by atoms with Gasteiger partial charge in [0.15, 0.2) is 0 Å². The first-order valence-electron chi connectivity index (χ1n) is 10.4. The standard InChI is InChI=1S/C10H21NO5.C6H9NO2.C6H9N/c1-11-3-5-15-7-9-16-8-6-14-4-2-10(12)13;1-7-3-5(4-8)2-6(7)9;1-3-4-5-6-7-2/h11H,2-9H2,1H3,(H,12,13);4-5H,2-3H2,1H3;3-6H,1H2,2H3/b;;5-4-,7-6?. The molecule has 1 amide bonds. The van der Waals surface area contributed by atoms with E-state index in [-0.39, 0.29) is 24.9 Å². The van der Waals surface area contributed by atoms with Crippen molar-refractivity contribution in [1.82, 2.24) is 10.2 Å². The second kappa shape index (κ2) is 24.9. The Hall–Kier alpha value is -2.40. The lowest BCUT2D eigenvalue weighted by atomic mass is 10.1. The summed E-state index contributed by atoms with van der Waals surface area (Å²) in [7, 11) is 5.31. The van der Waals surface area contributed by atoms with Gasteiger partial charge in [-0.25, -0.2) is 0 Å². The largest absolute Gasteiger partial charge is 0.481 e. The van der Waals surface area contributed by atoms with Crippen molar-refractivity contribution >= 4 is 24.4 Å². The average Bonchev–Trinajstić information content (AvgIpc) is 3.11. The number of amides is 1. The molecule has 2 N–H and O–H groups in total. The van der Waals surface area contributed by atoms with Crippen molar-refractivity contribution in [1.29, 1.82) is 0 Å². The fourth-order valence-corrected chi connectivity index (χ4v) is 2.08. The summed E-state index contributed by atoms with van der Waals surface area (Å²) in [6.45, 7) is 7.81. The predicted octanol–water partition coefficient (Wildman–Crippen LogP) is 0.823. The smallest absolute Gasteiger partial charge is 0.305 e. The molecule has 0 aliphatic carbocycles. The number of aliphatic imine (C=N–C) groups is 1. The Morgan fingerprint density at radius 2 is 1.78 bits per heavy atom. The highest BCUT2D eigenvalue weighted by atomic mass is 16.5. The number of hydrogen-bond acceptors (Lipinski definition) is 8. The molecule has 0 radical (unpaired) electrons. The van der Waals surface area contributed by atoms with Crippen LogP contribution in [0.25, 0.3) is 0 Å². The highest BCUT2D eigenvalue weighted by molar-refractivity contribution is 5.82. The summed E-state index contributed by atoms with van der Waals surface area (Å²) in [6.07, 6.45) is 8.36. The molecule has 10 nitrogen and oxygen atoms in total. The minimum atomic E-state index is -0.848. The second-order valence-electron chi connectivity index (χ2n) is 6.49. The number of carbonyl (C=O) groups is 3. The third-order valence-electron chi connectivity index (χ3n) is 3.75. The van der Waals surface area contributed by atoms with E-state index in [2.05, 4.69) is 16.9 Å². The molecule has 0 aromatic carbocycles. The number of carbonyl (C=O) groups excluding carboxylic acids is 2.